The molecule has 31 heavy (non-hydrogen) atoms. The van der Waals surface area contributed by atoms with E-state index in [9.17, 15) is 13.2 Å². The number of halogens is 1. The number of amides is 1. The van der Waals surface area contributed by atoms with E-state index in [1.165, 1.54) is 24.3 Å². The van der Waals surface area contributed by atoms with Gasteiger partial charge in [0.1, 0.15) is 16.6 Å². The van der Waals surface area contributed by atoms with Crippen LogP contribution in [0.5, 0.6) is 5.75 Å². The van der Waals surface area contributed by atoms with Gasteiger partial charge >= 0.3 is 6.09 Å². The van der Waals surface area contributed by atoms with E-state index >= 15 is 0 Å². The number of alkyl carbamates (subject to hydrolysis) is 1. The molecule has 1 amide bonds. The predicted molar refractivity (Wildman–Crippen MR) is 119 cm³/mol. The summed E-state index contributed by atoms with van der Waals surface area (Å²) in [5.41, 5.74) is 4.85. The highest BCUT2D eigenvalue weighted by Gasteiger charge is 2.71. The van der Waals surface area contributed by atoms with Gasteiger partial charge in [-0.2, -0.15) is 0 Å². The second-order valence-electron chi connectivity index (χ2n) is 8.54. The third-order valence-corrected chi connectivity index (χ3v) is 7.82. The lowest BCUT2D eigenvalue weighted by atomic mass is 10.1. The van der Waals surface area contributed by atoms with Gasteiger partial charge in [0.15, 0.2) is 9.84 Å². The molecule has 1 aliphatic carbocycles. The van der Waals surface area contributed by atoms with Gasteiger partial charge in [-0.05, 0) is 62.7 Å². The van der Waals surface area contributed by atoms with Crippen molar-refractivity contribution in [2.45, 2.75) is 48.0 Å². The lowest BCUT2D eigenvalue weighted by Crippen LogP contribution is -2.49. The highest BCUT2D eigenvalue weighted by molar-refractivity contribution is 7.92. The van der Waals surface area contributed by atoms with Crippen molar-refractivity contribution < 1.29 is 22.7 Å². The molecule has 2 aromatic rings. The summed E-state index contributed by atoms with van der Waals surface area (Å²) in [6.07, 6.45) is -0.717. The van der Waals surface area contributed by atoms with E-state index in [2.05, 4.69) is 5.32 Å². The molecule has 3 rings (SSSR count). The third kappa shape index (κ3) is 4.66. The van der Waals surface area contributed by atoms with Crippen molar-refractivity contribution in [3.63, 3.8) is 0 Å². The number of hydrogen-bond donors (Lipinski definition) is 2. The van der Waals surface area contributed by atoms with Gasteiger partial charge in [-0.25, -0.2) is 13.2 Å². The van der Waals surface area contributed by atoms with Crippen molar-refractivity contribution in [2.75, 3.05) is 13.7 Å². The second-order valence-corrected chi connectivity index (χ2v) is 11.0. The van der Waals surface area contributed by atoms with Gasteiger partial charge < -0.3 is 20.5 Å². The first kappa shape index (κ1) is 23.4. The third-order valence-electron chi connectivity index (χ3n) is 5.28. The SMILES string of the molecule is COc1ccc([C@@H]2[C@H](S(=O)(=O)c3ccc(Cl)cc3)[C@]2(CN)NC(=O)OC(C)(C)C)cc1. The normalized spacial score (nSPS) is 23.2. The Balaban J connectivity index is 2.03. The number of nitrogens with two attached hydrogens (primary N) is 1. The lowest BCUT2D eigenvalue weighted by molar-refractivity contribution is 0.0497. The maximum absolute atomic E-state index is 13.5. The standard InChI is InChI=1S/C22H27ClN2O5S/c1-21(2,3)30-20(26)25-22(13-24)18(14-5-9-16(29-4)10-6-14)19(22)31(27,28)17-11-7-15(23)8-12-17/h5-12,18-19H,13,24H2,1-4H3,(H,25,26)/t18-,19+,22-/m1/s1. The Labute approximate surface area is 187 Å². The highest BCUT2D eigenvalue weighted by Crippen LogP contribution is 2.57. The molecule has 0 unspecified atom stereocenters. The van der Waals surface area contributed by atoms with Gasteiger partial charge in [0, 0.05) is 17.5 Å². The summed E-state index contributed by atoms with van der Waals surface area (Å²) in [4.78, 5) is 12.7. The molecule has 0 spiro atoms. The van der Waals surface area contributed by atoms with Crippen LogP contribution in [0.25, 0.3) is 0 Å². The molecule has 2 aromatic carbocycles. The zero-order chi connectivity index (χ0) is 23.0. The van der Waals surface area contributed by atoms with E-state index < -0.39 is 38.2 Å². The predicted octanol–water partition coefficient (Wildman–Crippen LogP) is 3.51. The Hall–Kier alpha value is -2.29. The molecular weight excluding hydrogens is 440 g/mol. The zero-order valence-electron chi connectivity index (χ0n) is 17.9. The van der Waals surface area contributed by atoms with E-state index in [-0.39, 0.29) is 11.4 Å². The Morgan fingerprint density at radius 2 is 1.71 bits per heavy atom. The van der Waals surface area contributed by atoms with Crippen molar-refractivity contribution in [3.05, 3.63) is 59.1 Å². The average molecular weight is 467 g/mol. The number of carbonyl (C=O) groups excluding carboxylic acids is 1. The van der Waals surface area contributed by atoms with Gasteiger partial charge in [0.25, 0.3) is 0 Å². The number of methoxy groups -OCH3 is 1. The second kappa shape index (κ2) is 8.33. The fourth-order valence-corrected chi connectivity index (χ4v) is 6.32. The van der Waals surface area contributed by atoms with E-state index in [1.54, 1.807) is 52.1 Å². The number of ether oxygens (including phenoxy) is 2. The molecule has 168 valence electrons. The number of hydrogen-bond acceptors (Lipinski definition) is 6. The maximum Gasteiger partial charge on any atom is 0.408 e. The van der Waals surface area contributed by atoms with Crippen LogP contribution in [0, 0.1) is 0 Å². The number of benzene rings is 2. The van der Waals surface area contributed by atoms with E-state index in [0.717, 1.165) is 5.56 Å². The van der Waals surface area contributed by atoms with Gasteiger partial charge in [0.2, 0.25) is 0 Å². The Morgan fingerprint density at radius 1 is 1.13 bits per heavy atom. The van der Waals surface area contributed by atoms with Crippen molar-refractivity contribution >= 4 is 27.5 Å². The van der Waals surface area contributed by atoms with Crippen molar-refractivity contribution in [1.29, 1.82) is 0 Å². The van der Waals surface area contributed by atoms with Gasteiger partial charge in [-0.3, -0.25) is 0 Å². The minimum Gasteiger partial charge on any atom is -0.497 e. The monoisotopic (exact) mass is 466 g/mol. The van der Waals surface area contributed by atoms with Crippen LogP contribution in [-0.2, 0) is 14.6 Å². The first-order chi connectivity index (χ1) is 14.4. The van der Waals surface area contributed by atoms with Crippen LogP contribution in [0.3, 0.4) is 0 Å². The topological polar surface area (TPSA) is 108 Å². The van der Waals surface area contributed by atoms with Crippen LogP contribution in [0.15, 0.2) is 53.4 Å². The number of rotatable bonds is 6. The Bertz CT molecular complexity index is 1050. The van der Waals surface area contributed by atoms with E-state index in [0.29, 0.717) is 10.8 Å². The van der Waals surface area contributed by atoms with Crippen LogP contribution in [0.2, 0.25) is 5.02 Å². The molecular formula is C22H27ClN2O5S. The van der Waals surface area contributed by atoms with Crippen molar-refractivity contribution in [2.24, 2.45) is 5.73 Å². The summed E-state index contributed by atoms with van der Waals surface area (Å²) in [6.45, 7) is 5.12. The smallest absolute Gasteiger partial charge is 0.408 e. The molecule has 7 nitrogen and oxygen atoms in total. The maximum atomic E-state index is 13.5. The molecule has 9 heteroatoms. The minimum absolute atomic E-state index is 0.0829. The first-order valence-corrected chi connectivity index (χ1v) is 11.7. The molecule has 0 heterocycles. The molecule has 0 radical (unpaired) electrons. The summed E-state index contributed by atoms with van der Waals surface area (Å²) in [6, 6.07) is 13.0. The van der Waals surface area contributed by atoms with Crippen molar-refractivity contribution in [3.8, 4) is 5.75 Å². The molecule has 0 saturated heterocycles. The molecule has 3 atom stereocenters. The molecule has 1 saturated carbocycles. The van der Waals surface area contributed by atoms with Crippen LogP contribution in [-0.4, -0.2) is 44.6 Å². The summed E-state index contributed by atoms with van der Waals surface area (Å²) in [5, 5.41) is 2.23. The van der Waals surface area contributed by atoms with Crippen LogP contribution < -0.4 is 15.8 Å². The molecule has 0 aliphatic heterocycles. The molecule has 0 aromatic heterocycles. The minimum atomic E-state index is -3.84. The van der Waals surface area contributed by atoms with Crippen molar-refractivity contribution in [1.82, 2.24) is 5.32 Å². The summed E-state index contributed by atoms with van der Waals surface area (Å²) in [5.74, 6) is 0.0801. The highest BCUT2D eigenvalue weighted by atomic mass is 35.5. The molecule has 1 aliphatic rings. The van der Waals surface area contributed by atoms with Crippen LogP contribution in [0.4, 0.5) is 4.79 Å². The van der Waals surface area contributed by atoms with E-state index in [4.69, 9.17) is 26.8 Å². The lowest BCUT2D eigenvalue weighted by Gasteiger charge is -2.24. The zero-order valence-corrected chi connectivity index (χ0v) is 19.5. The fraction of sp³-hybridized carbons (Fsp3) is 0.409. The van der Waals surface area contributed by atoms with Gasteiger partial charge in [-0.15, -0.1) is 0 Å². The largest absolute Gasteiger partial charge is 0.497 e. The number of sulfone groups is 1. The summed E-state index contributed by atoms with van der Waals surface area (Å²) < 4.78 is 37.7. The fourth-order valence-electron chi connectivity index (χ4n) is 3.85. The van der Waals surface area contributed by atoms with Gasteiger partial charge in [0.05, 0.1) is 17.5 Å². The quantitative estimate of drug-likeness (QED) is 0.674. The Morgan fingerprint density at radius 3 is 2.19 bits per heavy atom. The first-order valence-electron chi connectivity index (χ1n) is 9.79. The number of carbonyl (C=O) groups is 1. The molecule has 3 N–H and O–H groups in total. The number of nitrogens with one attached hydrogen (secondary N) is 1. The summed E-state index contributed by atoms with van der Waals surface area (Å²) in [7, 11) is -2.29. The molecule has 1 fully saturated rings. The van der Waals surface area contributed by atoms with E-state index in [1.807, 2.05) is 0 Å². The summed E-state index contributed by atoms with van der Waals surface area (Å²) >= 11 is 5.92. The van der Waals surface area contributed by atoms with Crippen LogP contribution in [0.1, 0.15) is 32.3 Å². The van der Waals surface area contributed by atoms with Gasteiger partial charge in [-0.1, -0.05) is 23.7 Å². The molecule has 0 bridgehead atoms. The van der Waals surface area contributed by atoms with Crippen LogP contribution >= 0.6 is 11.6 Å². The Kier molecular flexibility index (Phi) is 6.28. The average Bonchev–Trinajstić information content (AvgIpc) is 3.36.